The number of ether oxygens (including phenoxy) is 1. The van der Waals surface area contributed by atoms with E-state index in [4.69, 9.17) is 9.84 Å². The Morgan fingerprint density at radius 2 is 2.26 bits per heavy atom. The van der Waals surface area contributed by atoms with Crippen molar-refractivity contribution in [1.82, 2.24) is 10.2 Å². The summed E-state index contributed by atoms with van der Waals surface area (Å²) in [4.78, 5) is 13.6. The van der Waals surface area contributed by atoms with Crippen molar-refractivity contribution in [1.29, 1.82) is 5.26 Å². The molecule has 0 aliphatic carbocycles. The maximum absolute atomic E-state index is 12.0. The van der Waals surface area contributed by atoms with Crippen molar-refractivity contribution < 1.29 is 14.6 Å². The third-order valence-electron chi connectivity index (χ3n) is 2.93. The summed E-state index contributed by atoms with van der Waals surface area (Å²) < 4.78 is 5.32. The van der Waals surface area contributed by atoms with Crippen LogP contribution in [0.2, 0.25) is 0 Å². The molecule has 1 fully saturated rings. The first-order chi connectivity index (χ1) is 8.82. The first-order valence-electron chi connectivity index (χ1n) is 6.57. The van der Waals surface area contributed by atoms with Crippen molar-refractivity contribution >= 4 is 6.09 Å². The van der Waals surface area contributed by atoms with Gasteiger partial charge in [0.05, 0.1) is 19.2 Å². The van der Waals surface area contributed by atoms with Gasteiger partial charge in [0.15, 0.2) is 0 Å². The molecule has 6 heteroatoms. The number of hydrogen-bond donors (Lipinski definition) is 2. The highest BCUT2D eigenvalue weighted by molar-refractivity contribution is 5.68. The van der Waals surface area contributed by atoms with Gasteiger partial charge in [0.1, 0.15) is 11.1 Å². The van der Waals surface area contributed by atoms with Gasteiger partial charge in [-0.3, -0.25) is 5.32 Å². The number of rotatable bonds is 3. The number of hydrogen-bond acceptors (Lipinski definition) is 5. The highest BCUT2D eigenvalue weighted by Gasteiger charge is 2.38. The number of piperidine rings is 1. The van der Waals surface area contributed by atoms with E-state index in [1.54, 1.807) is 4.90 Å². The van der Waals surface area contributed by atoms with E-state index in [1.165, 1.54) is 0 Å². The van der Waals surface area contributed by atoms with Gasteiger partial charge in [0.2, 0.25) is 0 Å². The molecular formula is C13H23N3O3. The second-order valence-electron chi connectivity index (χ2n) is 5.85. The fraction of sp³-hybridized carbons (Fsp3) is 0.846. The monoisotopic (exact) mass is 269 g/mol. The number of carbonyl (C=O) groups excluding carboxylic acids is 1. The molecule has 0 radical (unpaired) electrons. The molecule has 1 saturated heterocycles. The number of nitriles is 1. The Bertz CT molecular complexity index is 359. The van der Waals surface area contributed by atoms with Crippen molar-refractivity contribution in [3.8, 4) is 6.07 Å². The average Bonchev–Trinajstić information content (AvgIpc) is 2.34. The summed E-state index contributed by atoms with van der Waals surface area (Å²) in [7, 11) is 0. The van der Waals surface area contributed by atoms with E-state index >= 15 is 0 Å². The first-order valence-corrected chi connectivity index (χ1v) is 6.57. The Morgan fingerprint density at radius 1 is 1.58 bits per heavy atom. The van der Waals surface area contributed by atoms with Crippen molar-refractivity contribution in [2.45, 2.75) is 44.8 Å². The number of aliphatic hydroxyl groups excluding tert-OH is 1. The maximum atomic E-state index is 12.0. The highest BCUT2D eigenvalue weighted by Crippen LogP contribution is 2.22. The Balaban J connectivity index is 2.67. The molecule has 0 saturated carbocycles. The van der Waals surface area contributed by atoms with Crippen LogP contribution in [0.4, 0.5) is 4.79 Å². The van der Waals surface area contributed by atoms with Gasteiger partial charge in [-0.15, -0.1) is 0 Å². The van der Waals surface area contributed by atoms with Crippen molar-refractivity contribution in [3.63, 3.8) is 0 Å². The Kier molecular flexibility index (Phi) is 5.15. The minimum atomic E-state index is -0.780. The summed E-state index contributed by atoms with van der Waals surface area (Å²) in [6.07, 6.45) is 1.02. The number of nitrogens with one attached hydrogen (secondary N) is 1. The van der Waals surface area contributed by atoms with Crippen LogP contribution >= 0.6 is 0 Å². The van der Waals surface area contributed by atoms with Gasteiger partial charge in [-0.05, 0) is 33.6 Å². The number of carbonyl (C=O) groups is 1. The summed E-state index contributed by atoms with van der Waals surface area (Å²) in [6.45, 7) is 6.65. The molecule has 0 aromatic heterocycles. The van der Waals surface area contributed by atoms with Crippen LogP contribution < -0.4 is 5.32 Å². The van der Waals surface area contributed by atoms with Crippen LogP contribution in [0, 0.1) is 11.3 Å². The second kappa shape index (κ2) is 6.22. The molecule has 0 aromatic carbocycles. The standard InChI is InChI=1S/C13H23N3O3/c1-12(2,3)19-11(18)16-7-4-5-13(9-14,10-16)15-6-8-17/h15,17H,4-8,10H2,1-3H3. The van der Waals surface area contributed by atoms with Crippen molar-refractivity contribution in [2.24, 2.45) is 0 Å². The lowest BCUT2D eigenvalue weighted by atomic mass is 9.90. The molecule has 1 heterocycles. The van der Waals surface area contributed by atoms with Gasteiger partial charge < -0.3 is 14.7 Å². The van der Waals surface area contributed by atoms with Crippen LogP contribution in [-0.2, 0) is 4.74 Å². The van der Waals surface area contributed by atoms with E-state index in [1.807, 2.05) is 20.8 Å². The third kappa shape index (κ3) is 4.69. The summed E-state index contributed by atoms with van der Waals surface area (Å²) in [5, 5.41) is 21.2. The average molecular weight is 269 g/mol. The molecule has 0 aromatic rings. The van der Waals surface area contributed by atoms with E-state index in [9.17, 15) is 10.1 Å². The molecule has 108 valence electrons. The molecule has 1 atom stereocenters. The number of β-amino-alcohol motifs (C(OH)–C–C–N with tert-alkyl or cyclic N) is 1. The number of nitrogens with zero attached hydrogens (tertiary/aromatic N) is 2. The van der Waals surface area contributed by atoms with E-state index in [0.717, 1.165) is 6.42 Å². The Morgan fingerprint density at radius 3 is 2.79 bits per heavy atom. The van der Waals surface area contributed by atoms with Crippen LogP contribution in [0.1, 0.15) is 33.6 Å². The van der Waals surface area contributed by atoms with Gasteiger partial charge >= 0.3 is 6.09 Å². The normalized spacial score (nSPS) is 23.8. The predicted octanol–water partition coefficient (Wildman–Crippen LogP) is 0.862. The Hall–Kier alpha value is -1.32. The molecule has 19 heavy (non-hydrogen) atoms. The van der Waals surface area contributed by atoms with Crippen LogP contribution in [0.5, 0.6) is 0 Å². The van der Waals surface area contributed by atoms with E-state index in [-0.39, 0.29) is 6.61 Å². The zero-order chi connectivity index (χ0) is 14.5. The molecule has 1 rings (SSSR count). The highest BCUT2D eigenvalue weighted by atomic mass is 16.6. The largest absolute Gasteiger partial charge is 0.444 e. The maximum Gasteiger partial charge on any atom is 0.410 e. The first kappa shape index (κ1) is 15.7. The summed E-state index contributed by atoms with van der Waals surface area (Å²) in [5.41, 5.74) is -1.32. The van der Waals surface area contributed by atoms with Gasteiger partial charge in [-0.2, -0.15) is 5.26 Å². The molecule has 1 unspecified atom stereocenters. The van der Waals surface area contributed by atoms with Crippen LogP contribution in [0.15, 0.2) is 0 Å². The number of amides is 1. The second-order valence-corrected chi connectivity index (χ2v) is 5.85. The predicted molar refractivity (Wildman–Crippen MR) is 70.5 cm³/mol. The lowest BCUT2D eigenvalue weighted by Gasteiger charge is -2.39. The van der Waals surface area contributed by atoms with Crippen molar-refractivity contribution in [3.05, 3.63) is 0 Å². The van der Waals surface area contributed by atoms with Gasteiger partial charge in [0.25, 0.3) is 0 Å². The molecule has 1 aliphatic heterocycles. The summed E-state index contributed by atoms with van der Waals surface area (Å²) in [5.74, 6) is 0. The SMILES string of the molecule is CC(C)(C)OC(=O)N1CCCC(C#N)(NCCO)C1. The molecule has 1 aliphatic rings. The molecule has 2 N–H and O–H groups in total. The minimum absolute atomic E-state index is 0.0319. The summed E-state index contributed by atoms with van der Waals surface area (Å²) in [6, 6.07) is 2.23. The lowest BCUT2D eigenvalue weighted by molar-refractivity contribution is 0.0149. The van der Waals surface area contributed by atoms with Gasteiger partial charge in [0, 0.05) is 13.1 Å². The molecule has 1 amide bonds. The van der Waals surface area contributed by atoms with Crippen LogP contribution in [-0.4, -0.2) is 53.5 Å². The zero-order valence-electron chi connectivity index (χ0n) is 11.9. The van der Waals surface area contributed by atoms with Crippen LogP contribution in [0.25, 0.3) is 0 Å². The van der Waals surface area contributed by atoms with E-state index < -0.39 is 17.2 Å². The molecule has 6 nitrogen and oxygen atoms in total. The van der Waals surface area contributed by atoms with Crippen molar-refractivity contribution in [2.75, 3.05) is 26.2 Å². The van der Waals surface area contributed by atoms with Gasteiger partial charge in [-0.25, -0.2) is 4.79 Å². The number of likely N-dealkylation sites (tertiary alicyclic amines) is 1. The summed E-state index contributed by atoms with van der Waals surface area (Å²) >= 11 is 0. The third-order valence-corrected chi connectivity index (χ3v) is 2.93. The fourth-order valence-electron chi connectivity index (χ4n) is 2.11. The molecular weight excluding hydrogens is 246 g/mol. The quantitative estimate of drug-likeness (QED) is 0.793. The van der Waals surface area contributed by atoms with E-state index in [0.29, 0.717) is 26.1 Å². The topological polar surface area (TPSA) is 85.6 Å². The zero-order valence-corrected chi connectivity index (χ0v) is 11.9. The fourth-order valence-corrected chi connectivity index (χ4v) is 2.11. The smallest absolute Gasteiger partial charge is 0.410 e. The van der Waals surface area contributed by atoms with Gasteiger partial charge in [-0.1, -0.05) is 0 Å². The molecule has 0 bridgehead atoms. The molecule has 0 spiro atoms. The van der Waals surface area contributed by atoms with Crippen LogP contribution in [0.3, 0.4) is 0 Å². The lowest BCUT2D eigenvalue weighted by Crippen LogP contribution is -2.58. The minimum Gasteiger partial charge on any atom is -0.444 e. The Labute approximate surface area is 114 Å². The van der Waals surface area contributed by atoms with E-state index in [2.05, 4.69) is 11.4 Å². The number of aliphatic hydroxyl groups is 1.